The molecule has 4 heterocycles. The van der Waals surface area contributed by atoms with Crippen LogP contribution in [0.15, 0.2) is 30.9 Å². The highest BCUT2D eigenvalue weighted by Crippen LogP contribution is 2.50. The highest BCUT2D eigenvalue weighted by molar-refractivity contribution is 5.91. The Morgan fingerprint density at radius 2 is 1.92 bits per heavy atom. The van der Waals surface area contributed by atoms with Crippen LogP contribution in [-0.2, 0) is 17.8 Å². The number of hydrogen-bond acceptors (Lipinski definition) is 6. The first-order valence-corrected chi connectivity index (χ1v) is 12.5. The number of carboxylic acid groups (broad SMARTS) is 1. The van der Waals surface area contributed by atoms with E-state index in [0.29, 0.717) is 22.2 Å². The van der Waals surface area contributed by atoms with Gasteiger partial charge in [0.1, 0.15) is 17.2 Å². The van der Waals surface area contributed by atoms with E-state index in [1.807, 2.05) is 0 Å². The minimum absolute atomic E-state index is 0.0238. The highest BCUT2D eigenvalue weighted by atomic mass is 19.1. The molecule has 37 heavy (non-hydrogen) atoms. The van der Waals surface area contributed by atoms with E-state index < -0.39 is 23.5 Å². The molecular formula is C26H26F2N6O3. The molecule has 3 fully saturated rings. The van der Waals surface area contributed by atoms with Crippen molar-refractivity contribution in [3.8, 4) is 22.6 Å². The number of H-pyrrole nitrogens is 1. The number of nitrogens with zero attached hydrogens (tertiary/aromatic N) is 5. The Balaban J connectivity index is 1.48. The van der Waals surface area contributed by atoms with Crippen LogP contribution >= 0.6 is 0 Å². The van der Waals surface area contributed by atoms with Gasteiger partial charge in [-0.3, -0.25) is 9.48 Å². The molecule has 9 nitrogen and oxygen atoms in total. The lowest BCUT2D eigenvalue weighted by molar-refractivity contribution is -0.152. The third-order valence-corrected chi connectivity index (χ3v) is 8.00. The zero-order chi connectivity index (χ0) is 25.7. The fourth-order valence-corrected chi connectivity index (χ4v) is 6.29. The third-order valence-electron chi connectivity index (χ3n) is 8.00. The summed E-state index contributed by atoms with van der Waals surface area (Å²) in [4.78, 5) is 28.3. The number of fused-ring (bicyclic) bond motifs is 4. The number of aliphatic hydroxyl groups excluding tert-OH is 1. The van der Waals surface area contributed by atoms with Gasteiger partial charge in [0.25, 0.3) is 0 Å². The van der Waals surface area contributed by atoms with E-state index in [9.17, 15) is 19.4 Å². The molecule has 0 spiro atoms. The summed E-state index contributed by atoms with van der Waals surface area (Å²) in [6.45, 7) is 0.115. The molecule has 4 aromatic heterocycles. The van der Waals surface area contributed by atoms with Crippen molar-refractivity contribution in [2.75, 3.05) is 6.61 Å². The molecule has 0 aromatic carbocycles. The second-order valence-electron chi connectivity index (χ2n) is 10.0. The zero-order valence-corrected chi connectivity index (χ0v) is 19.9. The standard InChI is InChI=1S/C26H26F2N6O3/c27-16-7-18-19(11-30-24(18)29-10-16)25-32-20(8-17-13-1-3-14(4-2-13)21(17)26(36)37)22(28)23(33-25)15-9-31-34(12-15)5-6-35/h7,9-14,17,21,35H,1-6,8H2,(H,29,30)(H,36,37). The molecule has 4 aromatic rings. The van der Waals surface area contributed by atoms with Crippen LogP contribution in [0, 0.1) is 35.3 Å². The van der Waals surface area contributed by atoms with E-state index in [4.69, 9.17) is 0 Å². The quantitative estimate of drug-likeness (QED) is 0.346. The molecule has 11 heteroatoms. The topological polar surface area (TPSA) is 130 Å². The normalized spacial score (nSPS) is 23.1. The van der Waals surface area contributed by atoms with Gasteiger partial charge in [-0.05, 0) is 55.9 Å². The minimum Gasteiger partial charge on any atom is -0.481 e. The summed E-state index contributed by atoms with van der Waals surface area (Å²) in [6, 6.07) is 1.32. The van der Waals surface area contributed by atoms with E-state index in [-0.39, 0.29) is 54.5 Å². The third kappa shape index (κ3) is 4.16. The minimum atomic E-state index is -0.835. The number of aromatic amines is 1. The summed E-state index contributed by atoms with van der Waals surface area (Å²) in [5, 5.41) is 23.9. The molecule has 7 rings (SSSR count). The van der Waals surface area contributed by atoms with Gasteiger partial charge in [-0.2, -0.15) is 5.10 Å². The molecule has 0 aliphatic heterocycles. The predicted octanol–water partition coefficient (Wildman–Crippen LogP) is 3.83. The Morgan fingerprint density at radius 3 is 2.68 bits per heavy atom. The lowest BCUT2D eigenvalue weighted by atomic mass is 9.57. The smallest absolute Gasteiger partial charge is 0.307 e. The van der Waals surface area contributed by atoms with Crippen molar-refractivity contribution in [3.05, 3.63) is 48.2 Å². The monoisotopic (exact) mass is 508 g/mol. The number of pyridine rings is 1. The van der Waals surface area contributed by atoms with Crippen molar-refractivity contribution in [1.29, 1.82) is 0 Å². The first-order valence-electron chi connectivity index (χ1n) is 12.5. The molecule has 3 N–H and O–H groups in total. The van der Waals surface area contributed by atoms with Crippen LogP contribution < -0.4 is 0 Å². The van der Waals surface area contributed by atoms with E-state index in [1.165, 1.54) is 16.9 Å². The molecule has 0 amide bonds. The van der Waals surface area contributed by atoms with Gasteiger partial charge >= 0.3 is 5.97 Å². The van der Waals surface area contributed by atoms with E-state index in [1.54, 1.807) is 12.4 Å². The van der Waals surface area contributed by atoms with Crippen molar-refractivity contribution >= 4 is 17.0 Å². The number of nitrogens with one attached hydrogen (secondary N) is 1. The van der Waals surface area contributed by atoms with Crippen molar-refractivity contribution in [2.24, 2.45) is 23.7 Å². The number of rotatable bonds is 7. The van der Waals surface area contributed by atoms with Crippen molar-refractivity contribution < 1.29 is 23.8 Å². The first kappa shape index (κ1) is 23.7. The predicted molar refractivity (Wildman–Crippen MR) is 129 cm³/mol. The van der Waals surface area contributed by atoms with Gasteiger partial charge in [0.2, 0.25) is 0 Å². The second-order valence-corrected chi connectivity index (χ2v) is 10.0. The van der Waals surface area contributed by atoms with Gasteiger partial charge in [0.15, 0.2) is 11.6 Å². The van der Waals surface area contributed by atoms with Crippen LogP contribution in [0.3, 0.4) is 0 Å². The Morgan fingerprint density at radius 1 is 1.14 bits per heavy atom. The number of aliphatic hydroxyl groups is 1. The molecule has 3 aliphatic rings. The average molecular weight is 509 g/mol. The number of aromatic nitrogens is 6. The number of halogens is 2. The second kappa shape index (κ2) is 9.29. The van der Waals surface area contributed by atoms with Crippen LogP contribution in [0.2, 0.25) is 0 Å². The van der Waals surface area contributed by atoms with Crippen LogP contribution in [0.5, 0.6) is 0 Å². The molecule has 2 bridgehead atoms. The fraction of sp³-hybridized carbons (Fsp3) is 0.423. The van der Waals surface area contributed by atoms with E-state index >= 15 is 4.39 Å². The SMILES string of the molecule is O=C(O)C1C2CCC(CC2)C1Cc1nc(-c2c[nH]c3ncc(F)cc23)nc(-c2cnn(CCO)c2)c1F. The van der Waals surface area contributed by atoms with E-state index in [2.05, 4.69) is 25.0 Å². The summed E-state index contributed by atoms with van der Waals surface area (Å²) >= 11 is 0. The maximum Gasteiger partial charge on any atom is 0.307 e. The molecule has 3 aliphatic carbocycles. The molecule has 3 saturated carbocycles. The Bertz CT molecular complexity index is 1480. The molecular weight excluding hydrogens is 482 g/mol. The van der Waals surface area contributed by atoms with Gasteiger partial charge in [0, 0.05) is 28.9 Å². The fourth-order valence-electron chi connectivity index (χ4n) is 6.29. The average Bonchev–Trinajstić information content (AvgIpc) is 3.53. The molecule has 2 atom stereocenters. The Labute approximate surface area is 210 Å². The van der Waals surface area contributed by atoms with Gasteiger partial charge in [0.05, 0.1) is 37.2 Å². The van der Waals surface area contributed by atoms with Crippen LogP contribution in [-0.4, -0.2) is 52.5 Å². The zero-order valence-electron chi connectivity index (χ0n) is 19.9. The van der Waals surface area contributed by atoms with Gasteiger partial charge in [-0.1, -0.05) is 0 Å². The summed E-state index contributed by atoms with van der Waals surface area (Å²) in [5.74, 6) is -2.26. The van der Waals surface area contributed by atoms with Crippen molar-refractivity contribution in [3.63, 3.8) is 0 Å². The Kier molecular flexibility index (Phi) is 5.94. The molecule has 2 unspecified atom stereocenters. The summed E-state index contributed by atoms with van der Waals surface area (Å²) in [6.07, 6.45) is 9.59. The van der Waals surface area contributed by atoms with E-state index in [0.717, 1.165) is 31.9 Å². The van der Waals surface area contributed by atoms with Crippen LogP contribution in [0.4, 0.5) is 8.78 Å². The van der Waals surface area contributed by atoms with Crippen LogP contribution in [0.25, 0.3) is 33.7 Å². The largest absolute Gasteiger partial charge is 0.481 e. The summed E-state index contributed by atoms with van der Waals surface area (Å²) in [5.41, 5.74) is 1.47. The number of hydrogen-bond donors (Lipinski definition) is 3. The molecule has 0 saturated heterocycles. The number of carboxylic acids is 1. The van der Waals surface area contributed by atoms with Crippen molar-refractivity contribution in [1.82, 2.24) is 29.7 Å². The van der Waals surface area contributed by atoms with Gasteiger partial charge in [-0.25, -0.2) is 23.7 Å². The van der Waals surface area contributed by atoms with Crippen LogP contribution in [0.1, 0.15) is 31.4 Å². The molecule has 192 valence electrons. The summed E-state index contributed by atoms with van der Waals surface area (Å²) < 4.78 is 31.5. The van der Waals surface area contributed by atoms with Crippen molar-refractivity contribution in [2.45, 2.75) is 38.6 Å². The molecule has 0 radical (unpaired) electrons. The lowest BCUT2D eigenvalue weighted by Crippen LogP contribution is -2.45. The number of carbonyl (C=O) groups is 1. The lowest BCUT2D eigenvalue weighted by Gasteiger charge is -2.46. The summed E-state index contributed by atoms with van der Waals surface area (Å²) in [7, 11) is 0. The van der Waals surface area contributed by atoms with Gasteiger partial charge in [-0.15, -0.1) is 0 Å². The maximum atomic E-state index is 16.0. The Hall–Kier alpha value is -3.73. The number of aliphatic carboxylic acids is 1. The first-order chi connectivity index (χ1) is 17.9. The highest BCUT2D eigenvalue weighted by Gasteiger charge is 2.47. The van der Waals surface area contributed by atoms with Gasteiger partial charge < -0.3 is 15.2 Å². The maximum absolute atomic E-state index is 16.0.